The molecule has 0 atom stereocenters. The number of aromatic nitrogens is 2. The van der Waals surface area contributed by atoms with Crippen LogP contribution in [0.25, 0.3) is 16.9 Å². The van der Waals surface area contributed by atoms with Crippen molar-refractivity contribution in [2.45, 2.75) is 20.8 Å². The minimum atomic E-state index is -0.344. The molecule has 0 bridgehead atoms. The molecule has 0 radical (unpaired) electrons. The maximum Gasteiger partial charge on any atom is 0.338 e. The van der Waals surface area contributed by atoms with Crippen LogP contribution >= 0.6 is 22.9 Å². The number of carbonyl (C=O) groups is 2. The fraction of sp³-hybridized carbons (Fsp3) is 0.125. The van der Waals surface area contributed by atoms with Crippen LogP contribution in [0.3, 0.4) is 0 Å². The van der Waals surface area contributed by atoms with Gasteiger partial charge in [-0.25, -0.2) is 15.2 Å². The van der Waals surface area contributed by atoms with E-state index in [1.807, 2.05) is 73.8 Å². The lowest BCUT2D eigenvalue weighted by Crippen LogP contribution is -2.17. The SMILES string of the molecule is CCOC(=O)c1ccc(-n2c(C)cc(/C=N\NC(=O)c3ccc(-c4csc(Nc5ccc(Cl)cc5)n4)cc3)c2C)cc1. The van der Waals surface area contributed by atoms with Gasteiger partial charge in [-0.05, 0) is 87.5 Å². The Morgan fingerprint density at radius 3 is 2.38 bits per heavy atom. The van der Waals surface area contributed by atoms with Crippen LogP contribution in [0.2, 0.25) is 5.02 Å². The number of thiazole rings is 1. The zero-order chi connectivity index (χ0) is 29.6. The molecule has 0 aliphatic carbocycles. The smallest absolute Gasteiger partial charge is 0.338 e. The van der Waals surface area contributed by atoms with Crippen molar-refractivity contribution in [3.63, 3.8) is 0 Å². The van der Waals surface area contributed by atoms with E-state index in [9.17, 15) is 9.59 Å². The van der Waals surface area contributed by atoms with Crippen molar-refractivity contribution >= 4 is 51.8 Å². The molecule has 212 valence electrons. The molecule has 0 fully saturated rings. The molecule has 42 heavy (non-hydrogen) atoms. The molecule has 10 heteroatoms. The molecule has 5 aromatic rings. The van der Waals surface area contributed by atoms with Crippen molar-refractivity contribution in [2.24, 2.45) is 5.10 Å². The van der Waals surface area contributed by atoms with E-state index in [4.69, 9.17) is 16.3 Å². The molecule has 2 N–H and O–H groups in total. The zero-order valence-corrected chi connectivity index (χ0v) is 24.8. The summed E-state index contributed by atoms with van der Waals surface area (Å²) in [7, 11) is 0. The van der Waals surface area contributed by atoms with Crippen molar-refractivity contribution in [2.75, 3.05) is 11.9 Å². The van der Waals surface area contributed by atoms with Crippen molar-refractivity contribution in [1.29, 1.82) is 0 Å². The summed E-state index contributed by atoms with van der Waals surface area (Å²) in [6, 6.07) is 23.9. The molecule has 0 aliphatic heterocycles. The third-order valence-electron chi connectivity index (χ3n) is 6.52. The molecular formula is C32H28ClN5O3S. The number of amides is 1. The Kier molecular flexibility index (Phi) is 8.80. The highest BCUT2D eigenvalue weighted by Gasteiger charge is 2.12. The number of nitrogens with zero attached hydrogens (tertiary/aromatic N) is 3. The van der Waals surface area contributed by atoms with E-state index in [-0.39, 0.29) is 11.9 Å². The number of hydrogen-bond donors (Lipinski definition) is 2. The maximum atomic E-state index is 12.7. The lowest BCUT2D eigenvalue weighted by Gasteiger charge is -2.10. The Hall–Kier alpha value is -4.73. The van der Waals surface area contributed by atoms with Gasteiger partial charge in [0.2, 0.25) is 0 Å². The second kappa shape index (κ2) is 12.8. The van der Waals surface area contributed by atoms with Crippen LogP contribution in [0.5, 0.6) is 0 Å². The minimum Gasteiger partial charge on any atom is -0.462 e. The first-order chi connectivity index (χ1) is 20.3. The molecule has 3 aromatic carbocycles. The van der Waals surface area contributed by atoms with Gasteiger partial charge in [-0.2, -0.15) is 5.10 Å². The predicted octanol–water partition coefficient (Wildman–Crippen LogP) is 7.56. The van der Waals surface area contributed by atoms with Crippen LogP contribution < -0.4 is 10.7 Å². The quantitative estimate of drug-likeness (QED) is 0.104. The summed E-state index contributed by atoms with van der Waals surface area (Å²) in [6.45, 7) is 6.08. The summed E-state index contributed by atoms with van der Waals surface area (Å²) >= 11 is 7.45. The lowest BCUT2D eigenvalue weighted by molar-refractivity contribution is 0.0526. The summed E-state index contributed by atoms with van der Waals surface area (Å²) in [5.74, 6) is -0.660. The Balaban J connectivity index is 1.21. The number of benzene rings is 3. The normalized spacial score (nSPS) is 11.0. The maximum absolute atomic E-state index is 12.7. The first-order valence-corrected chi connectivity index (χ1v) is 14.5. The second-order valence-corrected chi connectivity index (χ2v) is 10.7. The number of carbonyl (C=O) groups excluding carboxylic acids is 2. The molecule has 0 unspecified atom stereocenters. The third kappa shape index (κ3) is 6.59. The van der Waals surface area contributed by atoms with Gasteiger partial charge < -0.3 is 14.6 Å². The van der Waals surface area contributed by atoms with Gasteiger partial charge in [0.25, 0.3) is 5.91 Å². The summed E-state index contributed by atoms with van der Waals surface area (Å²) in [4.78, 5) is 29.3. The van der Waals surface area contributed by atoms with Gasteiger partial charge in [0.15, 0.2) is 5.13 Å². The van der Waals surface area contributed by atoms with Crippen molar-refractivity contribution in [3.8, 4) is 16.9 Å². The van der Waals surface area contributed by atoms with E-state index in [0.717, 1.165) is 44.7 Å². The van der Waals surface area contributed by atoms with Crippen LogP contribution in [0.4, 0.5) is 10.8 Å². The van der Waals surface area contributed by atoms with Crippen molar-refractivity contribution in [3.05, 3.63) is 117 Å². The van der Waals surface area contributed by atoms with Gasteiger partial charge in [-0.3, -0.25) is 4.79 Å². The molecular weight excluding hydrogens is 570 g/mol. The molecule has 2 heterocycles. The fourth-order valence-electron chi connectivity index (χ4n) is 4.41. The van der Waals surface area contributed by atoms with Gasteiger partial charge >= 0.3 is 5.97 Å². The molecule has 0 aliphatic rings. The molecule has 0 spiro atoms. The number of esters is 1. The number of hydrazone groups is 1. The highest BCUT2D eigenvalue weighted by molar-refractivity contribution is 7.14. The van der Waals surface area contributed by atoms with Crippen LogP contribution in [0, 0.1) is 13.8 Å². The monoisotopic (exact) mass is 597 g/mol. The second-order valence-electron chi connectivity index (χ2n) is 9.38. The van der Waals surface area contributed by atoms with E-state index >= 15 is 0 Å². The lowest BCUT2D eigenvalue weighted by atomic mass is 10.1. The number of halogens is 1. The van der Waals surface area contributed by atoms with E-state index in [0.29, 0.717) is 22.8 Å². The summed E-state index contributed by atoms with van der Waals surface area (Å²) < 4.78 is 7.12. The Morgan fingerprint density at radius 2 is 1.69 bits per heavy atom. The average Bonchev–Trinajstić information content (AvgIpc) is 3.57. The Bertz CT molecular complexity index is 1740. The third-order valence-corrected chi connectivity index (χ3v) is 7.53. The average molecular weight is 598 g/mol. The van der Waals surface area contributed by atoms with Crippen LogP contribution in [-0.4, -0.2) is 34.2 Å². The number of nitrogens with one attached hydrogen (secondary N) is 2. The number of anilines is 2. The van der Waals surface area contributed by atoms with Crippen molar-refractivity contribution < 1.29 is 14.3 Å². The molecule has 0 saturated carbocycles. The number of hydrogen-bond acceptors (Lipinski definition) is 7. The number of ether oxygens (including phenoxy) is 1. The first kappa shape index (κ1) is 28.8. The fourth-order valence-corrected chi connectivity index (χ4v) is 5.28. The summed E-state index contributed by atoms with van der Waals surface area (Å²) in [5.41, 5.74) is 9.93. The van der Waals surface area contributed by atoms with Gasteiger partial charge in [-0.1, -0.05) is 23.7 Å². The summed E-state index contributed by atoms with van der Waals surface area (Å²) in [6.07, 6.45) is 1.63. The van der Waals surface area contributed by atoms with Crippen LogP contribution in [0.1, 0.15) is 44.6 Å². The van der Waals surface area contributed by atoms with Crippen LogP contribution in [-0.2, 0) is 4.74 Å². The Morgan fingerprint density at radius 1 is 1.00 bits per heavy atom. The standard InChI is InChI=1S/C32H28ClN5O3S/c1-4-41-31(40)24-9-15-28(16-10-24)38-20(2)17-25(21(38)3)18-34-37-30(39)23-7-5-22(6-8-23)29-19-42-32(36-29)35-27-13-11-26(33)12-14-27/h5-19H,4H2,1-3H3,(H,35,36)(H,37,39)/b34-18-. The topological polar surface area (TPSA) is 97.6 Å². The van der Waals surface area contributed by atoms with Gasteiger partial charge in [-0.15, -0.1) is 11.3 Å². The van der Waals surface area contributed by atoms with E-state index in [1.54, 1.807) is 37.4 Å². The minimum absolute atomic E-state index is 0.315. The van der Waals surface area contributed by atoms with Crippen LogP contribution in [0.15, 0.2) is 89.3 Å². The molecule has 0 saturated heterocycles. The van der Waals surface area contributed by atoms with Gasteiger partial charge in [0.1, 0.15) is 0 Å². The molecule has 1 amide bonds. The van der Waals surface area contributed by atoms with Gasteiger partial charge in [0, 0.05) is 49.9 Å². The number of rotatable bonds is 9. The largest absolute Gasteiger partial charge is 0.462 e. The van der Waals surface area contributed by atoms with Crippen molar-refractivity contribution in [1.82, 2.24) is 15.0 Å². The highest BCUT2D eigenvalue weighted by Crippen LogP contribution is 2.28. The molecule has 2 aromatic heterocycles. The predicted molar refractivity (Wildman–Crippen MR) is 169 cm³/mol. The Labute approximate surface area is 252 Å². The number of aryl methyl sites for hydroxylation is 1. The molecule has 8 nitrogen and oxygen atoms in total. The highest BCUT2D eigenvalue weighted by atomic mass is 35.5. The van der Waals surface area contributed by atoms with E-state index < -0.39 is 0 Å². The van der Waals surface area contributed by atoms with E-state index in [2.05, 4.69) is 25.4 Å². The van der Waals surface area contributed by atoms with E-state index in [1.165, 1.54) is 11.3 Å². The van der Waals surface area contributed by atoms with Gasteiger partial charge in [0.05, 0.1) is 24.1 Å². The summed E-state index contributed by atoms with van der Waals surface area (Å²) in [5, 5.41) is 10.9. The first-order valence-electron chi connectivity index (χ1n) is 13.2. The molecule has 5 rings (SSSR count). The zero-order valence-electron chi connectivity index (χ0n) is 23.2.